The predicted molar refractivity (Wildman–Crippen MR) is 87.0 cm³/mol. The molecule has 0 amide bonds. The lowest BCUT2D eigenvalue weighted by atomic mass is 10.1. The van der Waals surface area contributed by atoms with Crippen molar-refractivity contribution in [3.8, 4) is 5.75 Å². The summed E-state index contributed by atoms with van der Waals surface area (Å²) >= 11 is 0. The summed E-state index contributed by atoms with van der Waals surface area (Å²) in [6, 6.07) is 15.4. The van der Waals surface area contributed by atoms with Crippen LogP contribution in [0.25, 0.3) is 12.2 Å². The van der Waals surface area contributed by atoms with Gasteiger partial charge in [-0.1, -0.05) is 61.9 Å². The van der Waals surface area contributed by atoms with Crippen molar-refractivity contribution in [2.45, 2.75) is 19.8 Å². The minimum Gasteiger partial charge on any atom is -0.494 e. The lowest BCUT2D eigenvalue weighted by Crippen LogP contribution is -1.95. The number of benzene rings is 2. The van der Waals surface area contributed by atoms with Crippen LogP contribution in [0.3, 0.4) is 0 Å². The van der Waals surface area contributed by atoms with Crippen LogP contribution >= 0.6 is 0 Å². The molecule has 1 radical (unpaired) electrons. The third-order valence-electron chi connectivity index (χ3n) is 3.14. The molecule has 2 aromatic carbocycles. The van der Waals surface area contributed by atoms with Gasteiger partial charge in [0.25, 0.3) is 0 Å². The molecule has 0 bridgehead atoms. The molecule has 2 rings (SSSR count). The molecule has 2 nitrogen and oxygen atoms in total. The first kappa shape index (κ1) is 15.0. The first-order valence-corrected chi connectivity index (χ1v) is 7.21. The summed E-state index contributed by atoms with van der Waals surface area (Å²) in [5.41, 5.74) is 2.74. The van der Waals surface area contributed by atoms with Gasteiger partial charge in [0.1, 0.15) is 5.75 Å². The quantitative estimate of drug-likeness (QED) is 0.551. The Bertz CT molecular complexity index is 580. The topological polar surface area (TPSA) is 26.3 Å². The molecule has 0 unspecified atom stereocenters. The van der Waals surface area contributed by atoms with E-state index < -0.39 is 0 Å². The minimum absolute atomic E-state index is 0.570. The Balaban J connectivity index is 1.95. The molecule has 0 aliphatic heterocycles. The van der Waals surface area contributed by atoms with Crippen molar-refractivity contribution in [2.75, 3.05) is 6.61 Å². The van der Waals surface area contributed by atoms with E-state index in [1.165, 1.54) is 0 Å². The first-order valence-electron chi connectivity index (χ1n) is 7.21. The predicted octanol–water partition coefficient (Wildman–Crippen LogP) is 4.49. The van der Waals surface area contributed by atoms with E-state index in [0.29, 0.717) is 5.56 Å². The van der Waals surface area contributed by atoms with Crippen LogP contribution in [0.1, 0.15) is 36.5 Å². The number of hydrogen-bond acceptors (Lipinski definition) is 2. The number of carbonyl (C=O) groups excluding carboxylic acids is 1. The summed E-state index contributed by atoms with van der Waals surface area (Å²) in [6.07, 6.45) is 8.14. The molecule has 2 heteroatoms. The van der Waals surface area contributed by atoms with Gasteiger partial charge in [0.15, 0.2) is 0 Å². The zero-order chi connectivity index (χ0) is 14.9. The largest absolute Gasteiger partial charge is 0.494 e. The van der Waals surface area contributed by atoms with E-state index in [0.717, 1.165) is 36.3 Å². The molecule has 0 aromatic heterocycles. The average molecular weight is 279 g/mol. The van der Waals surface area contributed by atoms with Crippen LogP contribution in [-0.4, -0.2) is 12.9 Å². The second kappa shape index (κ2) is 8.05. The highest BCUT2D eigenvalue weighted by Gasteiger charge is 1.94. The van der Waals surface area contributed by atoms with Crippen LogP contribution in [0.4, 0.5) is 0 Å². The maximum Gasteiger partial charge on any atom is 0.233 e. The average Bonchev–Trinajstić information content (AvgIpc) is 2.55. The Hall–Kier alpha value is -2.35. The van der Waals surface area contributed by atoms with Crippen molar-refractivity contribution in [3.05, 3.63) is 65.2 Å². The van der Waals surface area contributed by atoms with E-state index in [1.807, 2.05) is 54.8 Å². The lowest BCUT2D eigenvalue weighted by molar-refractivity contribution is 0.309. The van der Waals surface area contributed by atoms with E-state index in [4.69, 9.17) is 4.74 Å². The zero-order valence-corrected chi connectivity index (χ0v) is 12.2. The van der Waals surface area contributed by atoms with Crippen molar-refractivity contribution < 1.29 is 9.53 Å². The highest BCUT2D eigenvalue weighted by atomic mass is 16.5. The minimum atomic E-state index is 0.570. The van der Waals surface area contributed by atoms with Crippen LogP contribution in [-0.2, 0) is 4.79 Å². The summed E-state index contributed by atoms with van der Waals surface area (Å²) in [5.74, 6) is 0.909. The molecule has 0 aliphatic carbocycles. The van der Waals surface area contributed by atoms with Crippen LogP contribution in [0, 0.1) is 0 Å². The van der Waals surface area contributed by atoms with Gasteiger partial charge in [0.2, 0.25) is 6.29 Å². The highest BCUT2D eigenvalue weighted by Crippen LogP contribution is 2.15. The number of unbranched alkanes of at least 4 members (excludes halogenated alkanes) is 1. The molecule has 0 saturated carbocycles. The van der Waals surface area contributed by atoms with Gasteiger partial charge in [-0.2, -0.15) is 0 Å². The van der Waals surface area contributed by atoms with Crippen LogP contribution in [0.5, 0.6) is 5.75 Å². The summed E-state index contributed by atoms with van der Waals surface area (Å²) in [4.78, 5) is 10.5. The van der Waals surface area contributed by atoms with Gasteiger partial charge in [-0.3, -0.25) is 4.79 Å². The van der Waals surface area contributed by atoms with Crippen molar-refractivity contribution >= 4 is 18.4 Å². The first-order chi connectivity index (χ1) is 10.3. The van der Waals surface area contributed by atoms with Gasteiger partial charge in [-0.05, 0) is 29.7 Å². The molecule has 0 atom stereocenters. The molecule has 2 aromatic rings. The normalized spacial score (nSPS) is 10.7. The number of hydrogen-bond donors (Lipinski definition) is 0. The van der Waals surface area contributed by atoms with E-state index in [2.05, 4.69) is 6.92 Å². The maximum atomic E-state index is 10.5. The highest BCUT2D eigenvalue weighted by molar-refractivity contribution is 5.77. The Morgan fingerprint density at radius 1 is 0.952 bits per heavy atom. The standard InChI is InChI=1S/C19H19O2/c1-2-3-14-21-19-12-10-17(11-13-19)5-4-16-6-8-18(15-20)9-7-16/h4-13H,2-3,14H2,1H3. The Kier molecular flexibility index (Phi) is 5.77. The Morgan fingerprint density at radius 2 is 1.52 bits per heavy atom. The molecule has 0 aliphatic rings. The van der Waals surface area contributed by atoms with E-state index in [-0.39, 0.29) is 0 Å². The van der Waals surface area contributed by atoms with Crippen molar-refractivity contribution in [3.63, 3.8) is 0 Å². The van der Waals surface area contributed by atoms with Crippen LogP contribution in [0.2, 0.25) is 0 Å². The van der Waals surface area contributed by atoms with Crippen molar-refractivity contribution in [1.29, 1.82) is 0 Å². The number of rotatable bonds is 7. The molecule has 0 N–H and O–H groups in total. The fourth-order valence-electron chi connectivity index (χ4n) is 1.86. The molecule has 0 fully saturated rings. The Labute approximate surface area is 126 Å². The van der Waals surface area contributed by atoms with Crippen molar-refractivity contribution in [2.24, 2.45) is 0 Å². The van der Waals surface area contributed by atoms with Gasteiger partial charge in [-0.25, -0.2) is 0 Å². The SMILES string of the molecule is CCCCOc1ccc(C=Cc2ccc([C]=O)cc2)cc1. The monoisotopic (exact) mass is 279 g/mol. The van der Waals surface area contributed by atoms with Gasteiger partial charge < -0.3 is 4.74 Å². The number of ether oxygens (including phenoxy) is 1. The van der Waals surface area contributed by atoms with Gasteiger partial charge in [-0.15, -0.1) is 0 Å². The third-order valence-corrected chi connectivity index (χ3v) is 3.14. The summed E-state index contributed by atoms with van der Waals surface area (Å²) in [5, 5.41) is 0. The summed E-state index contributed by atoms with van der Waals surface area (Å²) in [6.45, 7) is 2.92. The molecule has 0 spiro atoms. The summed E-state index contributed by atoms with van der Waals surface area (Å²) in [7, 11) is 0. The summed E-state index contributed by atoms with van der Waals surface area (Å²) < 4.78 is 5.63. The fourth-order valence-corrected chi connectivity index (χ4v) is 1.86. The molecule has 21 heavy (non-hydrogen) atoms. The zero-order valence-electron chi connectivity index (χ0n) is 12.2. The van der Waals surface area contributed by atoms with Crippen LogP contribution < -0.4 is 4.74 Å². The van der Waals surface area contributed by atoms with E-state index >= 15 is 0 Å². The molecule has 0 heterocycles. The third kappa shape index (κ3) is 4.92. The van der Waals surface area contributed by atoms with Gasteiger partial charge >= 0.3 is 0 Å². The van der Waals surface area contributed by atoms with Crippen molar-refractivity contribution in [1.82, 2.24) is 0 Å². The van der Waals surface area contributed by atoms with E-state index in [9.17, 15) is 4.79 Å². The molecular formula is C19H19O2. The lowest BCUT2D eigenvalue weighted by Gasteiger charge is -2.05. The van der Waals surface area contributed by atoms with Crippen LogP contribution in [0.15, 0.2) is 48.5 Å². The van der Waals surface area contributed by atoms with E-state index in [1.54, 1.807) is 12.1 Å². The Morgan fingerprint density at radius 3 is 2.05 bits per heavy atom. The molecule has 107 valence electrons. The maximum absolute atomic E-state index is 10.5. The molecule has 0 saturated heterocycles. The second-order valence-corrected chi connectivity index (χ2v) is 4.83. The van der Waals surface area contributed by atoms with Gasteiger partial charge in [0.05, 0.1) is 6.61 Å². The second-order valence-electron chi connectivity index (χ2n) is 4.83. The fraction of sp³-hybridized carbons (Fsp3) is 0.211. The van der Waals surface area contributed by atoms with Gasteiger partial charge in [0, 0.05) is 5.56 Å². The molecular weight excluding hydrogens is 260 g/mol. The smallest absolute Gasteiger partial charge is 0.233 e.